The summed E-state index contributed by atoms with van der Waals surface area (Å²) in [6.07, 6.45) is 0. The van der Waals surface area contributed by atoms with Gasteiger partial charge >= 0.3 is 0 Å². The van der Waals surface area contributed by atoms with E-state index in [0.717, 1.165) is 27.6 Å². The third-order valence-electron chi connectivity index (χ3n) is 7.68. The highest BCUT2D eigenvalue weighted by Crippen LogP contribution is 2.47. The van der Waals surface area contributed by atoms with Crippen molar-refractivity contribution in [2.24, 2.45) is 5.41 Å². The van der Waals surface area contributed by atoms with Crippen LogP contribution >= 0.6 is 23.2 Å². The van der Waals surface area contributed by atoms with Crippen molar-refractivity contribution in [1.29, 1.82) is 5.26 Å². The van der Waals surface area contributed by atoms with Crippen LogP contribution in [0.1, 0.15) is 24.0 Å². The van der Waals surface area contributed by atoms with Gasteiger partial charge in [-0.15, -0.1) is 0 Å². The molecule has 1 unspecified atom stereocenters. The maximum absolute atomic E-state index is 14.3. The first-order valence-corrected chi connectivity index (χ1v) is 13.6. The quantitative estimate of drug-likeness (QED) is 0.252. The van der Waals surface area contributed by atoms with Crippen LogP contribution in [0.3, 0.4) is 0 Å². The molecule has 2 atom stereocenters. The van der Waals surface area contributed by atoms with E-state index in [2.05, 4.69) is 11.0 Å². The third kappa shape index (κ3) is 4.91. The van der Waals surface area contributed by atoms with E-state index in [9.17, 15) is 10.1 Å². The highest BCUT2D eigenvalue weighted by Gasteiger charge is 2.47. The Kier molecular flexibility index (Phi) is 7.70. The molecule has 5 nitrogen and oxygen atoms in total. The normalized spacial score (nSPS) is 15.9. The summed E-state index contributed by atoms with van der Waals surface area (Å²) in [5.74, 6) is -0.117. The van der Waals surface area contributed by atoms with Crippen molar-refractivity contribution >= 4 is 45.6 Å². The Bertz CT molecular complexity index is 1550. The fourth-order valence-corrected chi connectivity index (χ4v) is 6.06. The zero-order valence-electron chi connectivity index (χ0n) is 21.9. The number of piperazine rings is 1. The van der Waals surface area contributed by atoms with E-state index >= 15 is 0 Å². The summed E-state index contributed by atoms with van der Waals surface area (Å²) < 4.78 is 5.74. The number of hydrogen-bond acceptors (Lipinski definition) is 4. The maximum Gasteiger partial charge on any atom is 0.243 e. The number of benzene rings is 4. The molecule has 1 fully saturated rings. The number of fused-ring (bicyclic) bond motifs is 1. The fourth-order valence-electron chi connectivity index (χ4n) is 5.65. The molecule has 4 aromatic carbocycles. The minimum atomic E-state index is -1.39. The standard InChI is InChI=1S/C32H29Cl2N3O2/c1-32(21-35,31(38)37-19-17-36(18-20-37)27-15-8-14-26(33)30(27)34)29(25-12-5-6-16-28(25)39-2)24-13-7-10-22-9-3-4-11-23(22)24/h3-16,29H,17-20H2,1-2H3/t29-,32?/m0/s1. The van der Waals surface area contributed by atoms with E-state index < -0.39 is 11.3 Å². The smallest absolute Gasteiger partial charge is 0.243 e. The molecule has 0 N–H and O–H groups in total. The second-order valence-corrected chi connectivity index (χ2v) is 10.7. The van der Waals surface area contributed by atoms with Crippen LogP contribution in [0, 0.1) is 16.7 Å². The summed E-state index contributed by atoms with van der Waals surface area (Å²) in [6.45, 7) is 3.86. The Morgan fingerprint density at radius 1 is 0.897 bits per heavy atom. The summed E-state index contributed by atoms with van der Waals surface area (Å²) in [5.41, 5.74) is 1.17. The monoisotopic (exact) mass is 557 g/mol. The lowest BCUT2D eigenvalue weighted by atomic mass is 9.68. The zero-order chi connectivity index (χ0) is 27.6. The molecule has 0 spiro atoms. The Balaban J connectivity index is 1.54. The number of nitriles is 1. The molecular weight excluding hydrogens is 529 g/mol. The predicted octanol–water partition coefficient (Wildman–Crippen LogP) is 7.17. The lowest BCUT2D eigenvalue weighted by molar-refractivity contribution is -0.139. The largest absolute Gasteiger partial charge is 0.496 e. The van der Waals surface area contributed by atoms with E-state index in [1.807, 2.05) is 78.9 Å². The molecule has 0 bridgehead atoms. The Labute approximate surface area is 239 Å². The van der Waals surface area contributed by atoms with Gasteiger partial charge in [-0.05, 0) is 41.5 Å². The van der Waals surface area contributed by atoms with Crippen LogP contribution in [0.25, 0.3) is 10.8 Å². The van der Waals surface area contributed by atoms with Crippen LogP contribution in [0.5, 0.6) is 5.75 Å². The molecule has 1 aliphatic rings. The molecule has 0 radical (unpaired) electrons. The molecule has 0 aliphatic carbocycles. The molecule has 1 amide bonds. The number of nitrogens with zero attached hydrogens (tertiary/aromatic N) is 3. The second kappa shape index (κ2) is 11.2. The number of carbonyl (C=O) groups is 1. The van der Waals surface area contributed by atoms with Gasteiger partial charge in [0.2, 0.25) is 5.91 Å². The number of carbonyl (C=O) groups excluding carboxylic acids is 1. The lowest BCUT2D eigenvalue weighted by Crippen LogP contribution is -2.54. The van der Waals surface area contributed by atoms with Crippen molar-refractivity contribution in [1.82, 2.24) is 4.90 Å². The molecule has 1 aliphatic heterocycles. The highest BCUT2D eigenvalue weighted by molar-refractivity contribution is 6.43. The van der Waals surface area contributed by atoms with Crippen LogP contribution in [0.4, 0.5) is 5.69 Å². The van der Waals surface area contributed by atoms with Crippen LogP contribution in [0.15, 0.2) is 84.9 Å². The number of rotatable bonds is 6. The summed E-state index contributed by atoms with van der Waals surface area (Å²) in [7, 11) is 1.62. The zero-order valence-corrected chi connectivity index (χ0v) is 23.4. The molecule has 0 saturated carbocycles. The Morgan fingerprint density at radius 2 is 1.54 bits per heavy atom. The number of methoxy groups -OCH3 is 1. The SMILES string of the molecule is COc1ccccc1[C@H](c1cccc2ccccc12)C(C)(C#N)C(=O)N1CCN(c2cccc(Cl)c2Cl)CC1. The van der Waals surface area contributed by atoms with Crippen molar-refractivity contribution in [3.05, 3.63) is 106 Å². The van der Waals surface area contributed by atoms with E-state index in [4.69, 9.17) is 27.9 Å². The van der Waals surface area contributed by atoms with Crippen LogP contribution in [-0.4, -0.2) is 44.1 Å². The molecule has 5 rings (SSSR count). The predicted molar refractivity (Wildman–Crippen MR) is 158 cm³/mol. The molecule has 7 heteroatoms. The molecule has 1 heterocycles. The first-order valence-electron chi connectivity index (χ1n) is 12.9. The number of halogens is 2. The number of anilines is 1. The average Bonchev–Trinajstić information content (AvgIpc) is 2.98. The summed E-state index contributed by atoms with van der Waals surface area (Å²) in [6, 6.07) is 29.8. The number of hydrogen-bond donors (Lipinski definition) is 0. The third-order valence-corrected chi connectivity index (χ3v) is 8.49. The molecule has 4 aromatic rings. The van der Waals surface area contributed by atoms with Gasteiger partial charge < -0.3 is 14.5 Å². The van der Waals surface area contributed by atoms with Crippen molar-refractivity contribution in [3.8, 4) is 11.8 Å². The van der Waals surface area contributed by atoms with Crippen molar-refractivity contribution in [2.75, 3.05) is 38.2 Å². The van der Waals surface area contributed by atoms with Gasteiger partial charge in [-0.25, -0.2) is 0 Å². The number of para-hydroxylation sites is 1. The van der Waals surface area contributed by atoms with Gasteiger partial charge in [-0.1, -0.05) is 89.9 Å². The average molecular weight is 559 g/mol. The maximum atomic E-state index is 14.3. The van der Waals surface area contributed by atoms with Gasteiger partial charge in [0.05, 0.1) is 28.9 Å². The van der Waals surface area contributed by atoms with Gasteiger partial charge in [0.25, 0.3) is 0 Å². The van der Waals surface area contributed by atoms with Crippen molar-refractivity contribution in [3.63, 3.8) is 0 Å². The van der Waals surface area contributed by atoms with E-state index in [1.54, 1.807) is 25.0 Å². The highest BCUT2D eigenvalue weighted by atomic mass is 35.5. The minimum absolute atomic E-state index is 0.203. The van der Waals surface area contributed by atoms with Crippen LogP contribution in [-0.2, 0) is 4.79 Å². The number of amides is 1. The van der Waals surface area contributed by atoms with Gasteiger partial charge in [-0.2, -0.15) is 5.26 Å². The Morgan fingerprint density at radius 3 is 2.28 bits per heavy atom. The molecule has 39 heavy (non-hydrogen) atoms. The Hall–Kier alpha value is -3.72. The fraction of sp³-hybridized carbons (Fsp3) is 0.250. The van der Waals surface area contributed by atoms with E-state index in [1.165, 1.54) is 0 Å². The number of ether oxygens (including phenoxy) is 1. The summed E-state index contributed by atoms with van der Waals surface area (Å²) in [5, 5.41) is 13.8. The van der Waals surface area contributed by atoms with Gasteiger partial charge in [0.15, 0.2) is 0 Å². The van der Waals surface area contributed by atoms with E-state index in [0.29, 0.717) is 42.0 Å². The van der Waals surface area contributed by atoms with Crippen molar-refractivity contribution in [2.45, 2.75) is 12.8 Å². The van der Waals surface area contributed by atoms with E-state index in [-0.39, 0.29) is 5.91 Å². The molecule has 1 saturated heterocycles. The van der Waals surface area contributed by atoms with Crippen LogP contribution < -0.4 is 9.64 Å². The molecule has 198 valence electrons. The molecular formula is C32H29Cl2N3O2. The first-order chi connectivity index (χ1) is 18.9. The summed E-state index contributed by atoms with van der Waals surface area (Å²) in [4.78, 5) is 18.3. The van der Waals surface area contributed by atoms with Crippen molar-refractivity contribution < 1.29 is 9.53 Å². The van der Waals surface area contributed by atoms with Crippen LogP contribution in [0.2, 0.25) is 10.0 Å². The summed E-state index contributed by atoms with van der Waals surface area (Å²) >= 11 is 12.7. The minimum Gasteiger partial charge on any atom is -0.496 e. The lowest BCUT2D eigenvalue weighted by Gasteiger charge is -2.41. The second-order valence-electron chi connectivity index (χ2n) is 9.91. The topological polar surface area (TPSA) is 56.6 Å². The van der Waals surface area contributed by atoms with Gasteiger partial charge in [0.1, 0.15) is 11.2 Å². The molecule has 0 aromatic heterocycles. The van der Waals surface area contributed by atoms with Gasteiger partial charge in [-0.3, -0.25) is 4.79 Å². The van der Waals surface area contributed by atoms with Gasteiger partial charge in [0, 0.05) is 37.7 Å². The first kappa shape index (κ1) is 26.9.